The van der Waals surface area contributed by atoms with Crippen LogP contribution in [-0.2, 0) is 6.54 Å². The van der Waals surface area contributed by atoms with Gasteiger partial charge < -0.3 is 25.1 Å². The molecule has 2 aliphatic rings. The first kappa shape index (κ1) is 23.5. The minimum atomic E-state index is -0.184. The maximum absolute atomic E-state index is 9.77. The van der Waals surface area contributed by atoms with Crippen LogP contribution in [0.15, 0.2) is 23.2 Å². The van der Waals surface area contributed by atoms with E-state index in [1.807, 2.05) is 12.1 Å². The standard InChI is InChI=1S/C20H32ClN5O.HI/c1-3-22-20(26-9-7-16(27)8-10-26)23-15-17-18(21)5-4-6-19(17)25-13-11-24(2)12-14-25;/h4-6,16,27H,3,7-15H2,1-2H3,(H,22,23);1H. The highest BCUT2D eigenvalue weighted by atomic mass is 127. The van der Waals surface area contributed by atoms with Crippen LogP contribution in [0.5, 0.6) is 0 Å². The molecule has 28 heavy (non-hydrogen) atoms. The summed E-state index contributed by atoms with van der Waals surface area (Å²) in [7, 11) is 2.17. The predicted octanol–water partition coefficient (Wildman–Crippen LogP) is 2.63. The third kappa shape index (κ3) is 6.11. The van der Waals surface area contributed by atoms with Gasteiger partial charge in [-0.25, -0.2) is 4.99 Å². The number of hydrogen-bond acceptors (Lipinski definition) is 4. The number of hydrogen-bond donors (Lipinski definition) is 2. The van der Waals surface area contributed by atoms with Crippen molar-refractivity contribution in [3.05, 3.63) is 28.8 Å². The summed E-state index contributed by atoms with van der Waals surface area (Å²) in [6.45, 7) is 9.28. The molecule has 158 valence electrons. The summed E-state index contributed by atoms with van der Waals surface area (Å²) in [5, 5.41) is 13.9. The van der Waals surface area contributed by atoms with Gasteiger partial charge in [-0.1, -0.05) is 17.7 Å². The van der Waals surface area contributed by atoms with Gasteiger partial charge in [0.05, 0.1) is 12.6 Å². The molecule has 0 aromatic heterocycles. The smallest absolute Gasteiger partial charge is 0.194 e. The lowest BCUT2D eigenvalue weighted by atomic mass is 10.1. The number of anilines is 1. The number of aliphatic imine (C=N–C) groups is 1. The SMILES string of the molecule is CCNC(=NCc1c(Cl)cccc1N1CCN(C)CC1)N1CCC(O)CC1.I. The van der Waals surface area contributed by atoms with Crippen LogP contribution in [0.1, 0.15) is 25.3 Å². The molecule has 0 amide bonds. The number of aliphatic hydroxyl groups excluding tert-OH is 1. The van der Waals surface area contributed by atoms with Crippen LogP contribution in [0.2, 0.25) is 5.02 Å². The summed E-state index contributed by atoms with van der Waals surface area (Å²) in [5.74, 6) is 0.911. The van der Waals surface area contributed by atoms with E-state index in [1.54, 1.807) is 0 Å². The number of rotatable bonds is 4. The Kier molecular flexibility index (Phi) is 9.59. The van der Waals surface area contributed by atoms with Gasteiger partial charge in [0.25, 0.3) is 0 Å². The Morgan fingerprint density at radius 3 is 2.50 bits per heavy atom. The van der Waals surface area contributed by atoms with Crippen LogP contribution in [0, 0.1) is 0 Å². The number of nitrogens with zero attached hydrogens (tertiary/aromatic N) is 4. The molecule has 0 spiro atoms. The third-order valence-electron chi connectivity index (χ3n) is 5.42. The zero-order valence-corrected chi connectivity index (χ0v) is 20.0. The van der Waals surface area contributed by atoms with E-state index in [-0.39, 0.29) is 30.1 Å². The molecule has 1 aromatic carbocycles. The van der Waals surface area contributed by atoms with Crippen LogP contribution in [0.4, 0.5) is 5.69 Å². The molecular weight excluding hydrogens is 489 g/mol. The summed E-state index contributed by atoms with van der Waals surface area (Å²) < 4.78 is 0. The number of halogens is 2. The Balaban J connectivity index is 0.00000280. The van der Waals surface area contributed by atoms with E-state index in [4.69, 9.17) is 16.6 Å². The van der Waals surface area contributed by atoms with Crippen LogP contribution < -0.4 is 10.2 Å². The Bertz CT molecular complexity index is 643. The monoisotopic (exact) mass is 521 g/mol. The van der Waals surface area contributed by atoms with Crippen molar-refractivity contribution in [2.24, 2.45) is 4.99 Å². The van der Waals surface area contributed by atoms with Gasteiger partial charge in [-0.15, -0.1) is 24.0 Å². The first-order valence-electron chi connectivity index (χ1n) is 10.0. The summed E-state index contributed by atoms with van der Waals surface area (Å²) in [5.41, 5.74) is 2.29. The van der Waals surface area contributed by atoms with Gasteiger partial charge in [0.2, 0.25) is 0 Å². The second-order valence-corrected chi connectivity index (χ2v) is 7.82. The van der Waals surface area contributed by atoms with Crippen molar-refractivity contribution < 1.29 is 5.11 Å². The van der Waals surface area contributed by atoms with Crippen molar-refractivity contribution in [1.82, 2.24) is 15.1 Å². The molecule has 1 aromatic rings. The highest BCUT2D eigenvalue weighted by molar-refractivity contribution is 14.0. The van der Waals surface area contributed by atoms with Crippen LogP contribution in [-0.4, -0.2) is 79.8 Å². The van der Waals surface area contributed by atoms with E-state index < -0.39 is 0 Å². The van der Waals surface area contributed by atoms with E-state index in [2.05, 4.69) is 40.1 Å². The van der Waals surface area contributed by atoms with E-state index in [9.17, 15) is 5.11 Å². The summed E-state index contributed by atoms with van der Waals surface area (Å²) in [6.07, 6.45) is 1.41. The lowest BCUT2D eigenvalue weighted by Gasteiger charge is -2.35. The molecule has 2 N–H and O–H groups in total. The molecule has 0 radical (unpaired) electrons. The first-order valence-corrected chi connectivity index (χ1v) is 10.4. The van der Waals surface area contributed by atoms with Crippen molar-refractivity contribution in [3.63, 3.8) is 0 Å². The molecule has 8 heteroatoms. The van der Waals surface area contributed by atoms with Crippen LogP contribution >= 0.6 is 35.6 Å². The topological polar surface area (TPSA) is 54.3 Å². The van der Waals surface area contributed by atoms with Crippen LogP contribution in [0.25, 0.3) is 0 Å². The number of likely N-dealkylation sites (N-methyl/N-ethyl adjacent to an activating group) is 1. The van der Waals surface area contributed by atoms with Crippen LogP contribution in [0.3, 0.4) is 0 Å². The average Bonchev–Trinajstić information content (AvgIpc) is 2.67. The maximum Gasteiger partial charge on any atom is 0.194 e. The normalized spacial score (nSPS) is 19.5. The van der Waals surface area contributed by atoms with E-state index in [1.165, 1.54) is 5.69 Å². The predicted molar refractivity (Wildman–Crippen MR) is 128 cm³/mol. The molecule has 0 unspecified atom stereocenters. The van der Waals surface area contributed by atoms with Gasteiger partial charge in [-0.2, -0.15) is 0 Å². The Hall–Kier alpha value is -0.770. The number of guanidine groups is 1. The van der Waals surface area contributed by atoms with Gasteiger partial charge in [-0.3, -0.25) is 0 Å². The van der Waals surface area contributed by atoms with Gasteiger partial charge >= 0.3 is 0 Å². The minimum absolute atomic E-state index is 0. The van der Waals surface area contributed by atoms with Gasteiger partial charge in [0.1, 0.15) is 0 Å². The van der Waals surface area contributed by atoms with Gasteiger partial charge in [0, 0.05) is 62.1 Å². The lowest BCUT2D eigenvalue weighted by molar-refractivity contribution is 0.108. The fourth-order valence-electron chi connectivity index (χ4n) is 3.70. The highest BCUT2D eigenvalue weighted by Gasteiger charge is 2.21. The molecule has 6 nitrogen and oxygen atoms in total. The van der Waals surface area contributed by atoms with Gasteiger partial charge in [-0.05, 0) is 38.9 Å². The quantitative estimate of drug-likeness (QED) is 0.363. The molecule has 2 aliphatic heterocycles. The lowest BCUT2D eigenvalue weighted by Crippen LogP contribution is -2.46. The Morgan fingerprint density at radius 1 is 1.18 bits per heavy atom. The minimum Gasteiger partial charge on any atom is -0.393 e. The first-order chi connectivity index (χ1) is 13.1. The average molecular weight is 522 g/mol. The van der Waals surface area contributed by atoms with Crippen molar-refractivity contribution in [3.8, 4) is 0 Å². The Labute approximate surface area is 190 Å². The molecular formula is C20H33ClIN5O. The zero-order chi connectivity index (χ0) is 19.2. The molecule has 2 heterocycles. The number of benzene rings is 1. The van der Waals surface area contributed by atoms with Crippen molar-refractivity contribution in [2.45, 2.75) is 32.4 Å². The third-order valence-corrected chi connectivity index (χ3v) is 5.78. The molecule has 2 fully saturated rings. The molecule has 0 aliphatic carbocycles. The summed E-state index contributed by atoms with van der Waals surface area (Å²) in [6, 6.07) is 6.14. The second kappa shape index (κ2) is 11.4. The number of likely N-dealkylation sites (tertiary alicyclic amines) is 1. The Morgan fingerprint density at radius 2 is 1.86 bits per heavy atom. The highest BCUT2D eigenvalue weighted by Crippen LogP contribution is 2.29. The number of piperidine rings is 1. The largest absolute Gasteiger partial charge is 0.393 e. The molecule has 3 rings (SSSR count). The van der Waals surface area contributed by atoms with Crippen molar-refractivity contribution in [2.75, 3.05) is 57.8 Å². The van der Waals surface area contributed by atoms with E-state index in [0.717, 1.165) is 75.2 Å². The van der Waals surface area contributed by atoms with E-state index >= 15 is 0 Å². The van der Waals surface area contributed by atoms with Gasteiger partial charge in [0.15, 0.2) is 5.96 Å². The van der Waals surface area contributed by atoms with E-state index in [0.29, 0.717) is 6.54 Å². The number of nitrogens with one attached hydrogen (secondary N) is 1. The van der Waals surface area contributed by atoms with Crippen molar-refractivity contribution in [1.29, 1.82) is 0 Å². The van der Waals surface area contributed by atoms with Crippen molar-refractivity contribution >= 4 is 47.2 Å². The zero-order valence-electron chi connectivity index (χ0n) is 16.9. The fraction of sp³-hybridized carbons (Fsp3) is 0.650. The second-order valence-electron chi connectivity index (χ2n) is 7.42. The fourth-order valence-corrected chi connectivity index (χ4v) is 3.93. The number of piperazine rings is 1. The summed E-state index contributed by atoms with van der Waals surface area (Å²) >= 11 is 6.57. The molecule has 0 saturated carbocycles. The summed E-state index contributed by atoms with van der Waals surface area (Å²) in [4.78, 5) is 11.9. The maximum atomic E-state index is 9.77. The molecule has 2 saturated heterocycles. The molecule has 0 atom stereocenters. The number of aliphatic hydroxyl groups is 1. The molecule has 0 bridgehead atoms.